The van der Waals surface area contributed by atoms with Crippen molar-refractivity contribution in [3.63, 3.8) is 0 Å². The molecule has 4 fully saturated rings. The molecule has 276 valence electrons. The fraction of sp³-hybridized carbons (Fsp3) is 0.415. The van der Waals surface area contributed by atoms with Crippen LogP contribution in [0.3, 0.4) is 0 Å². The highest BCUT2D eigenvalue weighted by Gasteiger charge is 2.70. The quantitative estimate of drug-likeness (QED) is 0.180. The Hall–Kier alpha value is -4.54. The predicted molar refractivity (Wildman–Crippen MR) is 199 cm³/mol. The first-order chi connectivity index (χ1) is 25.6. The van der Waals surface area contributed by atoms with Crippen LogP contribution in [0.1, 0.15) is 68.9 Å². The molecule has 5 aliphatic rings. The monoisotopic (exact) mass is 757 g/mol. The number of ether oxygens (including phenoxy) is 2. The van der Waals surface area contributed by atoms with Gasteiger partial charge >= 0.3 is 0 Å². The highest BCUT2D eigenvalue weighted by atomic mass is 35.5. The van der Waals surface area contributed by atoms with E-state index in [0.717, 1.165) is 42.7 Å². The normalized spacial score (nSPS) is 28.4. The molecule has 10 nitrogen and oxygen atoms in total. The van der Waals surface area contributed by atoms with Crippen molar-refractivity contribution < 1.29 is 33.8 Å². The van der Waals surface area contributed by atoms with Gasteiger partial charge in [0.05, 0.1) is 47.6 Å². The summed E-state index contributed by atoms with van der Waals surface area (Å²) in [6.07, 6.45) is 7.15. The molecule has 12 heteroatoms. The van der Waals surface area contributed by atoms with Crippen LogP contribution in [0.4, 0.5) is 5.69 Å². The number of fused-ring (bicyclic) bond motifs is 4. The molecular formula is C41H41Cl2N3O7. The Kier molecular flexibility index (Phi) is 9.18. The van der Waals surface area contributed by atoms with Gasteiger partial charge in [0.1, 0.15) is 5.75 Å². The molecule has 2 N–H and O–H groups in total. The summed E-state index contributed by atoms with van der Waals surface area (Å²) < 4.78 is 11.3. The van der Waals surface area contributed by atoms with Gasteiger partial charge in [0.25, 0.3) is 11.8 Å². The highest BCUT2D eigenvalue weighted by Crippen LogP contribution is 2.64. The van der Waals surface area contributed by atoms with Crippen LogP contribution in [-0.2, 0) is 24.6 Å². The number of allylic oxidation sites excluding steroid dienone is 2. The van der Waals surface area contributed by atoms with Crippen molar-refractivity contribution >= 4 is 52.5 Å². The number of imide groups is 2. The molecule has 2 saturated carbocycles. The van der Waals surface area contributed by atoms with Gasteiger partial charge < -0.3 is 14.6 Å². The molecule has 8 rings (SSSR count). The van der Waals surface area contributed by atoms with E-state index in [1.165, 1.54) is 17.0 Å². The Bertz CT molecular complexity index is 2030. The average Bonchev–Trinajstić information content (AvgIpc) is 3.54. The van der Waals surface area contributed by atoms with Gasteiger partial charge in [-0.1, -0.05) is 72.3 Å². The minimum atomic E-state index is -1.51. The molecule has 6 atom stereocenters. The van der Waals surface area contributed by atoms with Crippen LogP contribution in [0.2, 0.25) is 10.0 Å². The van der Waals surface area contributed by atoms with E-state index in [1.54, 1.807) is 43.5 Å². The first kappa shape index (κ1) is 35.5. The van der Waals surface area contributed by atoms with Crippen molar-refractivity contribution in [2.45, 2.75) is 69.2 Å². The zero-order chi connectivity index (χ0) is 37.2. The number of hydrazine groups is 1. The summed E-state index contributed by atoms with van der Waals surface area (Å²) in [6, 6.07) is 16.8. The number of phenolic OH excluding ortho intramolecular Hbond substituents is 1. The number of phenols is 1. The fourth-order valence-electron chi connectivity index (χ4n) is 9.92. The second-order valence-electron chi connectivity index (χ2n) is 14.7. The number of hydrogen-bond donors (Lipinski definition) is 2. The summed E-state index contributed by atoms with van der Waals surface area (Å²) in [5.74, 6) is -4.00. The van der Waals surface area contributed by atoms with Gasteiger partial charge in [0.2, 0.25) is 11.8 Å². The molecule has 2 heterocycles. The standard InChI is InChI=1S/C41H41Cl2N3O7/c1-3-53-34-19-22(9-18-33(34)47)36-27-15-16-28-35(39(50)45(37(28)48)25-7-5-4-6-8-25)29(27)21-30-38(49)46(44-32-17-12-24(42)20-31(32)43)40(51)41(30,36)23-10-13-26(52-2)14-11-23/h9-15,17-20,25,28-30,35-36,44,47H,3-8,16,21H2,1-2H3/t28-,29+,30-,35-,36-,41+/m0/s1. The van der Waals surface area contributed by atoms with Gasteiger partial charge in [-0.2, -0.15) is 5.01 Å². The molecule has 53 heavy (non-hydrogen) atoms. The van der Waals surface area contributed by atoms with Crippen molar-refractivity contribution in [3.8, 4) is 17.2 Å². The van der Waals surface area contributed by atoms with Crippen molar-refractivity contribution in [3.05, 3.63) is 93.5 Å². The predicted octanol–water partition coefficient (Wildman–Crippen LogP) is 7.42. The van der Waals surface area contributed by atoms with E-state index in [4.69, 9.17) is 32.7 Å². The van der Waals surface area contributed by atoms with Crippen LogP contribution in [0.25, 0.3) is 0 Å². The Morgan fingerprint density at radius 3 is 2.36 bits per heavy atom. The summed E-state index contributed by atoms with van der Waals surface area (Å²) in [6.45, 7) is 2.10. The third-order valence-electron chi connectivity index (χ3n) is 12.2. The SMILES string of the molecule is CCOc1cc([C@H]2C3=CC[C@@H]4C(=O)N(C5CCCCC5)C(=O)[C@@H]4[C@@H]3C[C@H]3C(=O)N(Nc4ccc(Cl)cc4Cl)C(=O)[C@@]23c2ccc(OC)cc2)ccc1O. The molecule has 0 radical (unpaired) electrons. The van der Waals surface area contributed by atoms with Gasteiger partial charge in [0.15, 0.2) is 11.5 Å². The van der Waals surface area contributed by atoms with Crippen LogP contribution in [0.15, 0.2) is 72.3 Å². The number of anilines is 1. The van der Waals surface area contributed by atoms with Crippen molar-refractivity contribution in [1.82, 2.24) is 9.91 Å². The third-order valence-corrected chi connectivity index (χ3v) is 12.7. The Balaban J connectivity index is 1.33. The van der Waals surface area contributed by atoms with E-state index in [9.17, 15) is 19.5 Å². The summed E-state index contributed by atoms with van der Waals surface area (Å²) >= 11 is 12.8. The first-order valence-corrected chi connectivity index (χ1v) is 19.1. The summed E-state index contributed by atoms with van der Waals surface area (Å²) in [5.41, 5.74) is 3.87. The number of benzene rings is 3. The minimum absolute atomic E-state index is 0.0649. The zero-order valence-corrected chi connectivity index (χ0v) is 31.0. The molecule has 4 amide bonds. The maximum atomic E-state index is 15.5. The number of hydrogen-bond acceptors (Lipinski definition) is 8. The van der Waals surface area contributed by atoms with E-state index in [2.05, 4.69) is 5.43 Å². The van der Waals surface area contributed by atoms with Crippen LogP contribution < -0.4 is 14.9 Å². The number of carbonyl (C=O) groups excluding carboxylic acids is 4. The molecule has 2 aliphatic heterocycles. The summed E-state index contributed by atoms with van der Waals surface area (Å²) in [7, 11) is 1.56. The number of rotatable bonds is 8. The number of likely N-dealkylation sites (tertiary alicyclic amines) is 1. The Morgan fingerprint density at radius 1 is 0.906 bits per heavy atom. The van der Waals surface area contributed by atoms with Crippen LogP contribution >= 0.6 is 23.2 Å². The minimum Gasteiger partial charge on any atom is -0.504 e. The first-order valence-electron chi connectivity index (χ1n) is 18.4. The van der Waals surface area contributed by atoms with Gasteiger partial charge in [-0.15, -0.1) is 0 Å². The third kappa shape index (κ3) is 5.51. The van der Waals surface area contributed by atoms with E-state index >= 15 is 4.79 Å². The lowest BCUT2D eigenvalue weighted by atomic mass is 9.49. The topological polar surface area (TPSA) is 125 Å². The number of methoxy groups -OCH3 is 1. The lowest BCUT2D eigenvalue weighted by Gasteiger charge is -2.50. The number of amides is 4. The average molecular weight is 759 g/mol. The molecule has 3 aliphatic carbocycles. The molecule has 3 aromatic carbocycles. The number of nitrogens with zero attached hydrogens (tertiary/aromatic N) is 2. The van der Waals surface area contributed by atoms with Crippen LogP contribution in [0.5, 0.6) is 17.2 Å². The van der Waals surface area contributed by atoms with E-state index in [1.807, 2.05) is 25.1 Å². The van der Waals surface area contributed by atoms with Gasteiger partial charge in [-0.3, -0.25) is 29.5 Å². The lowest BCUT2D eigenvalue weighted by molar-refractivity contribution is -0.144. The molecule has 0 unspecified atom stereocenters. The number of aromatic hydroxyl groups is 1. The van der Waals surface area contributed by atoms with E-state index in [0.29, 0.717) is 34.0 Å². The van der Waals surface area contributed by atoms with Crippen molar-refractivity contribution in [2.75, 3.05) is 19.1 Å². The van der Waals surface area contributed by atoms with Crippen LogP contribution in [0, 0.1) is 23.7 Å². The second kappa shape index (κ2) is 13.7. The number of carbonyl (C=O) groups is 4. The van der Waals surface area contributed by atoms with Crippen molar-refractivity contribution in [2.24, 2.45) is 23.7 Å². The molecule has 0 bridgehead atoms. The second-order valence-corrected chi connectivity index (χ2v) is 15.6. The maximum Gasteiger partial charge on any atom is 0.260 e. The molecule has 3 aromatic rings. The van der Waals surface area contributed by atoms with E-state index in [-0.39, 0.29) is 47.4 Å². The Morgan fingerprint density at radius 2 is 1.66 bits per heavy atom. The molecule has 0 spiro atoms. The molecule has 2 saturated heterocycles. The van der Waals surface area contributed by atoms with Crippen LogP contribution in [-0.4, -0.2) is 58.4 Å². The molecular weight excluding hydrogens is 717 g/mol. The smallest absolute Gasteiger partial charge is 0.260 e. The highest BCUT2D eigenvalue weighted by molar-refractivity contribution is 6.36. The fourth-order valence-corrected chi connectivity index (χ4v) is 10.4. The van der Waals surface area contributed by atoms with Crippen molar-refractivity contribution in [1.29, 1.82) is 0 Å². The summed E-state index contributed by atoms with van der Waals surface area (Å²) in [5, 5.41) is 12.5. The number of halogens is 2. The zero-order valence-electron chi connectivity index (χ0n) is 29.5. The maximum absolute atomic E-state index is 15.5. The molecule has 0 aromatic heterocycles. The van der Waals surface area contributed by atoms with Gasteiger partial charge in [-0.25, -0.2) is 0 Å². The van der Waals surface area contributed by atoms with Gasteiger partial charge in [0, 0.05) is 17.0 Å². The van der Waals surface area contributed by atoms with E-state index < -0.39 is 46.8 Å². The lowest BCUT2D eigenvalue weighted by Crippen LogP contribution is -2.53. The summed E-state index contributed by atoms with van der Waals surface area (Å²) in [4.78, 5) is 60.6. The number of nitrogens with one attached hydrogen (secondary N) is 1. The largest absolute Gasteiger partial charge is 0.504 e. The Labute approximate surface area is 318 Å². The van der Waals surface area contributed by atoms with Gasteiger partial charge in [-0.05, 0) is 92.1 Å².